The summed E-state index contributed by atoms with van der Waals surface area (Å²) in [5.74, 6) is 0.703. The first-order chi connectivity index (χ1) is 16.2. The molecule has 166 valence electrons. The number of anilines is 1. The van der Waals surface area contributed by atoms with Crippen molar-refractivity contribution in [3.8, 4) is 28.4 Å². The van der Waals surface area contributed by atoms with Crippen molar-refractivity contribution in [1.29, 1.82) is 0 Å². The molecule has 5 aromatic rings. The van der Waals surface area contributed by atoms with Crippen LogP contribution in [0, 0.1) is 0 Å². The Bertz CT molecular complexity index is 1450. The summed E-state index contributed by atoms with van der Waals surface area (Å²) in [6.45, 7) is 4.20. The van der Waals surface area contributed by atoms with Crippen molar-refractivity contribution in [1.82, 2.24) is 30.0 Å². The van der Waals surface area contributed by atoms with Gasteiger partial charge in [-0.2, -0.15) is 5.10 Å². The molecule has 0 aliphatic carbocycles. The van der Waals surface area contributed by atoms with Crippen LogP contribution in [0.4, 0.5) is 5.69 Å². The van der Waals surface area contributed by atoms with E-state index in [9.17, 15) is 0 Å². The number of nitrogens with zero attached hydrogens (tertiary/aromatic N) is 5. The van der Waals surface area contributed by atoms with Crippen LogP contribution in [0.25, 0.3) is 44.6 Å². The smallest absolute Gasteiger partial charge is 0.137 e. The topological polar surface area (TPSA) is 86.0 Å². The molecule has 4 aromatic heterocycles. The number of hydrogen-bond donors (Lipinski definition) is 2. The Hall–Kier alpha value is -3.91. The number of piperazine rings is 1. The minimum absolute atomic E-state index is 0.703. The molecule has 1 saturated heterocycles. The quantitative estimate of drug-likeness (QED) is 0.441. The Morgan fingerprint density at radius 2 is 1.85 bits per heavy atom. The number of hydrogen-bond acceptors (Lipinski definition) is 6. The largest absolute Gasteiger partial charge is 0.495 e. The lowest BCUT2D eigenvalue weighted by molar-refractivity contribution is 0.313. The predicted molar refractivity (Wildman–Crippen MR) is 131 cm³/mol. The molecule has 0 amide bonds. The Morgan fingerprint density at radius 3 is 2.70 bits per heavy atom. The van der Waals surface area contributed by atoms with Crippen molar-refractivity contribution in [2.24, 2.45) is 0 Å². The van der Waals surface area contributed by atoms with E-state index in [1.54, 1.807) is 19.5 Å². The van der Waals surface area contributed by atoms with E-state index in [4.69, 9.17) is 9.72 Å². The van der Waals surface area contributed by atoms with Crippen LogP contribution in [0.5, 0.6) is 5.75 Å². The van der Waals surface area contributed by atoms with Gasteiger partial charge in [0.25, 0.3) is 0 Å². The van der Waals surface area contributed by atoms with Gasteiger partial charge in [-0.3, -0.25) is 10.1 Å². The van der Waals surface area contributed by atoms with E-state index in [0.29, 0.717) is 5.75 Å². The molecular weight excluding hydrogens is 414 g/mol. The number of likely N-dealkylation sites (N-methyl/N-ethyl adjacent to an activating group) is 1. The van der Waals surface area contributed by atoms with Gasteiger partial charge in [-0.25, -0.2) is 4.98 Å². The number of benzene rings is 1. The van der Waals surface area contributed by atoms with Crippen LogP contribution in [0.2, 0.25) is 0 Å². The fourth-order valence-electron chi connectivity index (χ4n) is 4.51. The SMILES string of the molecule is COc1cncc(-c2ccc3[nH]nc(-c4cc5c(N6CCN(C)CC6)cccc5[nH]4)c3n2)c1. The first-order valence-electron chi connectivity index (χ1n) is 11.1. The van der Waals surface area contributed by atoms with E-state index in [1.165, 1.54) is 11.1 Å². The van der Waals surface area contributed by atoms with E-state index in [2.05, 4.69) is 61.3 Å². The molecule has 1 aliphatic heterocycles. The minimum atomic E-state index is 0.703. The monoisotopic (exact) mass is 439 g/mol. The van der Waals surface area contributed by atoms with E-state index in [1.807, 2.05) is 18.2 Å². The second kappa shape index (κ2) is 7.90. The second-order valence-electron chi connectivity index (χ2n) is 8.49. The highest BCUT2D eigenvalue weighted by molar-refractivity contribution is 5.99. The van der Waals surface area contributed by atoms with Gasteiger partial charge < -0.3 is 19.5 Å². The average molecular weight is 440 g/mol. The molecule has 0 spiro atoms. The normalized spacial score (nSPS) is 14.9. The van der Waals surface area contributed by atoms with Gasteiger partial charge >= 0.3 is 0 Å². The third kappa shape index (κ3) is 3.48. The molecule has 0 radical (unpaired) electrons. The van der Waals surface area contributed by atoms with Gasteiger partial charge in [-0.05, 0) is 43.4 Å². The van der Waals surface area contributed by atoms with E-state index in [0.717, 1.165) is 65.4 Å². The van der Waals surface area contributed by atoms with Crippen LogP contribution in [0.1, 0.15) is 0 Å². The van der Waals surface area contributed by atoms with E-state index in [-0.39, 0.29) is 0 Å². The zero-order valence-corrected chi connectivity index (χ0v) is 18.7. The summed E-state index contributed by atoms with van der Waals surface area (Å²) in [6.07, 6.45) is 3.48. The van der Waals surface area contributed by atoms with Gasteiger partial charge in [-0.15, -0.1) is 0 Å². The maximum Gasteiger partial charge on any atom is 0.137 e. The molecule has 0 saturated carbocycles. The maximum absolute atomic E-state index is 5.32. The Kier molecular flexibility index (Phi) is 4.73. The van der Waals surface area contributed by atoms with Crippen molar-refractivity contribution >= 4 is 27.6 Å². The second-order valence-corrected chi connectivity index (χ2v) is 8.49. The number of rotatable bonds is 4. The molecule has 0 bridgehead atoms. The van der Waals surface area contributed by atoms with Gasteiger partial charge in [0.1, 0.15) is 17.0 Å². The summed E-state index contributed by atoms with van der Waals surface area (Å²) < 4.78 is 5.32. The van der Waals surface area contributed by atoms with Crippen LogP contribution < -0.4 is 9.64 Å². The maximum atomic E-state index is 5.32. The Morgan fingerprint density at radius 1 is 0.970 bits per heavy atom. The van der Waals surface area contributed by atoms with Crippen molar-refractivity contribution in [3.05, 3.63) is 54.9 Å². The summed E-state index contributed by atoms with van der Waals surface area (Å²) in [5, 5.41) is 8.94. The fourth-order valence-corrected chi connectivity index (χ4v) is 4.51. The van der Waals surface area contributed by atoms with Crippen LogP contribution >= 0.6 is 0 Å². The van der Waals surface area contributed by atoms with Crippen molar-refractivity contribution in [2.75, 3.05) is 45.2 Å². The molecule has 0 atom stereocenters. The number of aromatic amines is 2. The molecule has 5 heterocycles. The predicted octanol–water partition coefficient (Wildman–Crippen LogP) is 3.93. The summed E-state index contributed by atoms with van der Waals surface area (Å²) in [6, 6.07) is 14.6. The van der Waals surface area contributed by atoms with Gasteiger partial charge in [0.15, 0.2) is 0 Å². The zero-order chi connectivity index (χ0) is 22.4. The molecule has 1 aliphatic rings. The number of ether oxygens (including phenoxy) is 1. The molecule has 1 aromatic carbocycles. The number of aromatic nitrogens is 5. The van der Waals surface area contributed by atoms with Crippen LogP contribution in [-0.4, -0.2) is 70.4 Å². The summed E-state index contributed by atoms with van der Waals surface area (Å²) in [7, 11) is 3.82. The molecule has 1 fully saturated rings. The number of pyridine rings is 2. The molecular formula is C25H25N7O. The minimum Gasteiger partial charge on any atom is -0.495 e. The molecule has 6 rings (SSSR count). The van der Waals surface area contributed by atoms with Crippen LogP contribution in [0.15, 0.2) is 54.9 Å². The number of H-pyrrole nitrogens is 2. The van der Waals surface area contributed by atoms with Gasteiger partial charge in [-0.1, -0.05) is 6.07 Å². The number of fused-ring (bicyclic) bond motifs is 2. The van der Waals surface area contributed by atoms with Crippen molar-refractivity contribution in [3.63, 3.8) is 0 Å². The van der Waals surface area contributed by atoms with Crippen LogP contribution in [0.3, 0.4) is 0 Å². The van der Waals surface area contributed by atoms with Crippen LogP contribution in [-0.2, 0) is 0 Å². The Balaban J connectivity index is 1.43. The standard InChI is InChI=1S/C25H25N7O/c1-31-8-10-32(11-9-31)23-5-3-4-20-18(23)13-22(27-20)25-24-21(29-30-25)7-6-19(28-24)16-12-17(33-2)15-26-14-16/h3-7,12-15,27H,8-11H2,1-2H3,(H,29,30). The first-order valence-corrected chi connectivity index (χ1v) is 11.1. The lowest BCUT2D eigenvalue weighted by Gasteiger charge is -2.34. The molecule has 0 unspecified atom stereocenters. The Labute approximate surface area is 191 Å². The number of nitrogens with one attached hydrogen (secondary N) is 2. The molecule has 33 heavy (non-hydrogen) atoms. The van der Waals surface area contributed by atoms with Gasteiger partial charge in [0, 0.05) is 54.5 Å². The highest BCUT2D eigenvalue weighted by Crippen LogP contribution is 2.34. The summed E-state index contributed by atoms with van der Waals surface area (Å²) in [5.41, 5.74) is 7.56. The summed E-state index contributed by atoms with van der Waals surface area (Å²) >= 11 is 0. The van der Waals surface area contributed by atoms with Gasteiger partial charge in [0.05, 0.1) is 30.2 Å². The molecule has 8 heteroatoms. The number of methoxy groups -OCH3 is 1. The third-order valence-corrected chi connectivity index (χ3v) is 6.39. The van der Waals surface area contributed by atoms with E-state index < -0.39 is 0 Å². The zero-order valence-electron chi connectivity index (χ0n) is 18.7. The van der Waals surface area contributed by atoms with Gasteiger partial charge in [0.2, 0.25) is 0 Å². The molecule has 2 N–H and O–H groups in total. The average Bonchev–Trinajstić information content (AvgIpc) is 3.48. The lowest BCUT2D eigenvalue weighted by Crippen LogP contribution is -2.44. The third-order valence-electron chi connectivity index (χ3n) is 6.39. The highest BCUT2D eigenvalue weighted by atomic mass is 16.5. The molecule has 8 nitrogen and oxygen atoms in total. The highest BCUT2D eigenvalue weighted by Gasteiger charge is 2.19. The van der Waals surface area contributed by atoms with Crippen molar-refractivity contribution in [2.45, 2.75) is 0 Å². The summed E-state index contributed by atoms with van der Waals surface area (Å²) in [4.78, 5) is 17.6. The first kappa shape index (κ1) is 19.8. The fraction of sp³-hybridized carbons (Fsp3) is 0.240. The lowest BCUT2D eigenvalue weighted by atomic mass is 10.1. The van der Waals surface area contributed by atoms with Crippen molar-refractivity contribution < 1.29 is 4.74 Å². The van der Waals surface area contributed by atoms with E-state index >= 15 is 0 Å².